The molecular weight excluding hydrogens is 276 g/mol. The van der Waals surface area contributed by atoms with Gasteiger partial charge in [0.05, 0.1) is 7.11 Å². The Morgan fingerprint density at radius 3 is 2.75 bits per heavy atom. The Kier molecular flexibility index (Phi) is 4.67. The highest BCUT2D eigenvalue weighted by molar-refractivity contribution is 7.89. The molecule has 1 fully saturated rings. The number of methoxy groups -OCH3 is 1. The van der Waals surface area contributed by atoms with Gasteiger partial charge in [-0.15, -0.1) is 0 Å². The van der Waals surface area contributed by atoms with E-state index in [1.165, 1.54) is 11.4 Å². The molecule has 0 spiro atoms. The molecule has 0 saturated carbocycles. The van der Waals surface area contributed by atoms with Crippen LogP contribution in [0.4, 0.5) is 0 Å². The molecule has 2 unspecified atom stereocenters. The van der Waals surface area contributed by atoms with Gasteiger partial charge in [0.15, 0.2) is 0 Å². The molecule has 6 heteroatoms. The lowest BCUT2D eigenvalue weighted by Crippen LogP contribution is -2.45. The highest BCUT2D eigenvalue weighted by Crippen LogP contribution is 2.31. The summed E-state index contributed by atoms with van der Waals surface area (Å²) in [7, 11) is -2.04. The van der Waals surface area contributed by atoms with Crippen LogP contribution in [0.2, 0.25) is 0 Å². The van der Waals surface area contributed by atoms with E-state index < -0.39 is 10.0 Å². The van der Waals surface area contributed by atoms with Crippen LogP contribution in [-0.4, -0.2) is 39.5 Å². The summed E-state index contributed by atoms with van der Waals surface area (Å²) in [4.78, 5) is 0.229. The number of sulfonamides is 1. The fourth-order valence-electron chi connectivity index (χ4n) is 2.61. The Bertz CT molecular complexity index is 559. The molecule has 1 aliphatic rings. The van der Waals surface area contributed by atoms with Crippen molar-refractivity contribution in [2.45, 2.75) is 18.2 Å². The number of piperidine rings is 1. The molecule has 0 aromatic heterocycles. The number of nitrogens with zero attached hydrogens (tertiary/aromatic N) is 1. The molecule has 112 valence electrons. The van der Waals surface area contributed by atoms with Gasteiger partial charge in [0.2, 0.25) is 10.0 Å². The zero-order valence-electron chi connectivity index (χ0n) is 12.0. The first-order chi connectivity index (χ1) is 9.50. The normalized spacial score (nSPS) is 24.6. The van der Waals surface area contributed by atoms with Crippen molar-refractivity contribution in [2.75, 3.05) is 26.7 Å². The molecule has 0 aliphatic carbocycles. The van der Waals surface area contributed by atoms with Gasteiger partial charge < -0.3 is 10.5 Å². The second-order valence-electron chi connectivity index (χ2n) is 5.28. The lowest BCUT2D eigenvalue weighted by Gasteiger charge is -2.35. The van der Waals surface area contributed by atoms with E-state index in [0.29, 0.717) is 31.3 Å². The summed E-state index contributed by atoms with van der Waals surface area (Å²) in [6.07, 6.45) is 0.843. The molecule has 0 bridgehead atoms. The summed E-state index contributed by atoms with van der Waals surface area (Å²) in [5, 5.41) is 0. The van der Waals surface area contributed by atoms with Crippen molar-refractivity contribution in [3.8, 4) is 5.75 Å². The zero-order valence-corrected chi connectivity index (χ0v) is 12.8. The summed E-state index contributed by atoms with van der Waals surface area (Å²) in [6, 6.07) is 6.73. The summed E-state index contributed by atoms with van der Waals surface area (Å²) in [5.74, 6) is 1.06. The van der Waals surface area contributed by atoms with Crippen LogP contribution in [0.3, 0.4) is 0 Å². The number of benzene rings is 1. The van der Waals surface area contributed by atoms with E-state index >= 15 is 0 Å². The molecular formula is C14H22N2O3S. The van der Waals surface area contributed by atoms with Crippen molar-refractivity contribution in [2.24, 2.45) is 17.6 Å². The first-order valence-corrected chi connectivity index (χ1v) is 8.28. The van der Waals surface area contributed by atoms with Crippen LogP contribution in [0.15, 0.2) is 29.2 Å². The minimum absolute atomic E-state index is 0.216. The van der Waals surface area contributed by atoms with Crippen molar-refractivity contribution in [3.05, 3.63) is 24.3 Å². The topological polar surface area (TPSA) is 72.6 Å². The molecule has 20 heavy (non-hydrogen) atoms. The first kappa shape index (κ1) is 15.3. The average Bonchev–Trinajstić information content (AvgIpc) is 2.47. The maximum atomic E-state index is 12.7. The van der Waals surface area contributed by atoms with Crippen LogP contribution in [0.5, 0.6) is 5.75 Å². The van der Waals surface area contributed by atoms with Crippen LogP contribution in [0.25, 0.3) is 0 Å². The maximum Gasteiger partial charge on any atom is 0.246 e. The highest BCUT2D eigenvalue weighted by atomic mass is 32.2. The van der Waals surface area contributed by atoms with Gasteiger partial charge in [-0.2, -0.15) is 4.31 Å². The Labute approximate surface area is 120 Å². The van der Waals surface area contributed by atoms with Gasteiger partial charge in [-0.25, -0.2) is 8.42 Å². The van der Waals surface area contributed by atoms with E-state index in [-0.39, 0.29) is 10.8 Å². The molecule has 2 rings (SSSR count). The average molecular weight is 298 g/mol. The predicted molar refractivity (Wildman–Crippen MR) is 78.1 cm³/mol. The fraction of sp³-hybridized carbons (Fsp3) is 0.571. The van der Waals surface area contributed by atoms with Crippen LogP contribution < -0.4 is 10.5 Å². The second kappa shape index (κ2) is 6.11. The summed E-state index contributed by atoms with van der Waals surface area (Å²) < 4.78 is 32.2. The highest BCUT2D eigenvalue weighted by Gasteiger charge is 2.34. The van der Waals surface area contributed by atoms with E-state index in [0.717, 1.165) is 6.42 Å². The Morgan fingerprint density at radius 1 is 1.40 bits per heavy atom. The lowest BCUT2D eigenvalue weighted by atomic mass is 9.88. The second-order valence-corrected chi connectivity index (χ2v) is 7.18. The fourth-order valence-corrected chi connectivity index (χ4v) is 4.28. The molecule has 1 aromatic rings. The van der Waals surface area contributed by atoms with Gasteiger partial charge >= 0.3 is 0 Å². The van der Waals surface area contributed by atoms with Crippen molar-refractivity contribution in [1.82, 2.24) is 4.31 Å². The van der Waals surface area contributed by atoms with Crippen LogP contribution in [0.1, 0.15) is 13.3 Å². The summed E-state index contributed by atoms with van der Waals surface area (Å²) in [5.41, 5.74) is 5.75. The Balaban J connectivity index is 2.31. The molecule has 0 radical (unpaired) electrons. The van der Waals surface area contributed by atoms with Crippen LogP contribution in [-0.2, 0) is 10.0 Å². The molecule has 1 aromatic carbocycles. The SMILES string of the molecule is COc1ccccc1S(=O)(=O)N1CCC(C)C(CN)C1. The van der Waals surface area contributed by atoms with Crippen LogP contribution in [0, 0.1) is 11.8 Å². The molecule has 5 nitrogen and oxygen atoms in total. The number of ether oxygens (including phenoxy) is 1. The number of nitrogens with two attached hydrogens (primary N) is 1. The first-order valence-electron chi connectivity index (χ1n) is 6.84. The van der Waals surface area contributed by atoms with Gasteiger partial charge in [0.25, 0.3) is 0 Å². The molecule has 0 amide bonds. The predicted octanol–water partition coefficient (Wildman–Crippen LogP) is 1.30. The Hall–Kier alpha value is -1.11. The molecule has 2 N–H and O–H groups in total. The molecule has 1 saturated heterocycles. The van der Waals surface area contributed by atoms with Gasteiger partial charge in [0, 0.05) is 13.1 Å². The number of hydrogen-bond donors (Lipinski definition) is 1. The van der Waals surface area contributed by atoms with Crippen molar-refractivity contribution in [1.29, 1.82) is 0 Å². The molecule has 2 atom stereocenters. The number of para-hydroxylation sites is 1. The van der Waals surface area contributed by atoms with E-state index in [1.54, 1.807) is 24.3 Å². The van der Waals surface area contributed by atoms with E-state index in [9.17, 15) is 8.42 Å². The van der Waals surface area contributed by atoms with Gasteiger partial charge in [0.1, 0.15) is 10.6 Å². The third-order valence-corrected chi connectivity index (χ3v) is 5.97. The van der Waals surface area contributed by atoms with E-state index in [2.05, 4.69) is 6.92 Å². The minimum atomic E-state index is -3.52. The van der Waals surface area contributed by atoms with E-state index in [1.807, 2.05) is 0 Å². The van der Waals surface area contributed by atoms with Crippen molar-refractivity contribution >= 4 is 10.0 Å². The third kappa shape index (κ3) is 2.82. The monoisotopic (exact) mass is 298 g/mol. The van der Waals surface area contributed by atoms with Gasteiger partial charge in [-0.05, 0) is 36.9 Å². The van der Waals surface area contributed by atoms with Crippen molar-refractivity contribution in [3.63, 3.8) is 0 Å². The molecule has 1 heterocycles. The maximum absolute atomic E-state index is 12.7. The largest absolute Gasteiger partial charge is 0.495 e. The summed E-state index contributed by atoms with van der Waals surface area (Å²) >= 11 is 0. The van der Waals surface area contributed by atoms with Crippen molar-refractivity contribution < 1.29 is 13.2 Å². The van der Waals surface area contributed by atoms with Gasteiger partial charge in [-0.3, -0.25) is 0 Å². The third-order valence-electron chi connectivity index (χ3n) is 4.07. The smallest absolute Gasteiger partial charge is 0.246 e. The quantitative estimate of drug-likeness (QED) is 0.909. The Morgan fingerprint density at radius 2 is 2.10 bits per heavy atom. The number of hydrogen-bond acceptors (Lipinski definition) is 4. The standard InChI is InChI=1S/C14H22N2O3S/c1-11-7-8-16(10-12(11)9-15)20(17,18)14-6-4-3-5-13(14)19-2/h3-6,11-12H,7-10,15H2,1-2H3. The zero-order chi connectivity index (χ0) is 14.8. The van der Waals surface area contributed by atoms with Crippen LogP contribution >= 0.6 is 0 Å². The van der Waals surface area contributed by atoms with E-state index in [4.69, 9.17) is 10.5 Å². The van der Waals surface area contributed by atoms with Gasteiger partial charge in [-0.1, -0.05) is 19.1 Å². The lowest BCUT2D eigenvalue weighted by molar-refractivity contribution is 0.203. The molecule has 1 aliphatic heterocycles. The number of rotatable bonds is 4. The summed E-state index contributed by atoms with van der Waals surface area (Å²) in [6.45, 7) is 3.67. The minimum Gasteiger partial charge on any atom is -0.495 e.